The van der Waals surface area contributed by atoms with Gasteiger partial charge in [-0.3, -0.25) is 4.79 Å². The van der Waals surface area contributed by atoms with Crippen molar-refractivity contribution >= 4 is 16.1 Å². The van der Waals surface area contributed by atoms with Gasteiger partial charge in [0.05, 0.1) is 0 Å². The second kappa shape index (κ2) is 4.09. The molecular formula is C9H18N2O3S. The van der Waals surface area contributed by atoms with Crippen molar-refractivity contribution < 1.29 is 13.2 Å². The lowest BCUT2D eigenvalue weighted by atomic mass is 9.96. The first-order chi connectivity index (χ1) is 6.73. The number of nitrogens with zero attached hydrogens (tertiary/aromatic N) is 1. The third-order valence-corrected chi connectivity index (χ3v) is 3.80. The van der Waals surface area contributed by atoms with Crippen LogP contribution in [0.4, 0.5) is 0 Å². The van der Waals surface area contributed by atoms with Crippen LogP contribution in [-0.4, -0.2) is 31.7 Å². The van der Waals surface area contributed by atoms with E-state index in [1.165, 1.54) is 4.31 Å². The van der Waals surface area contributed by atoms with Crippen LogP contribution in [-0.2, 0) is 15.0 Å². The molecule has 0 saturated carbocycles. The quantitative estimate of drug-likeness (QED) is 0.756. The molecule has 1 amide bonds. The molecule has 0 aliphatic carbocycles. The van der Waals surface area contributed by atoms with E-state index < -0.39 is 21.5 Å². The van der Waals surface area contributed by atoms with Crippen LogP contribution in [0.2, 0.25) is 0 Å². The van der Waals surface area contributed by atoms with E-state index in [1.54, 1.807) is 20.8 Å². The average molecular weight is 234 g/mol. The number of carbonyl (C=O) groups is 1. The van der Waals surface area contributed by atoms with Crippen LogP contribution >= 0.6 is 0 Å². The molecule has 88 valence electrons. The summed E-state index contributed by atoms with van der Waals surface area (Å²) >= 11 is 0. The Bertz CT molecular complexity index is 337. The normalized spacial score (nSPS) is 19.1. The summed E-state index contributed by atoms with van der Waals surface area (Å²) in [7, 11) is -3.61. The van der Waals surface area contributed by atoms with Crippen molar-refractivity contribution in [3.63, 3.8) is 0 Å². The fraction of sp³-hybridized carbons (Fsp3) is 0.889. The van der Waals surface area contributed by atoms with Gasteiger partial charge in [-0.15, -0.1) is 0 Å². The van der Waals surface area contributed by atoms with E-state index in [1.807, 2.05) is 0 Å². The van der Waals surface area contributed by atoms with Gasteiger partial charge in [0.2, 0.25) is 5.91 Å². The lowest BCUT2D eigenvalue weighted by Crippen LogP contribution is -2.46. The van der Waals surface area contributed by atoms with Crippen LogP contribution in [0.1, 0.15) is 33.6 Å². The Labute approximate surface area is 91.0 Å². The summed E-state index contributed by atoms with van der Waals surface area (Å²) in [5.74, 6) is -0.464. The number of rotatable bonds is 2. The SMILES string of the molecule is CC(C)(C)C(=O)NS(=O)(=O)N1CCCC1. The maximum Gasteiger partial charge on any atom is 0.303 e. The summed E-state index contributed by atoms with van der Waals surface area (Å²) in [4.78, 5) is 11.5. The zero-order valence-electron chi connectivity index (χ0n) is 9.41. The summed E-state index contributed by atoms with van der Waals surface area (Å²) in [5, 5.41) is 0. The van der Waals surface area contributed by atoms with Crippen LogP contribution in [0.25, 0.3) is 0 Å². The fourth-order valence-corrected chi connectivity index (χ4v) is 2.67. The van der Waals surface area contributed by atoms with E-state index in [9.17, 15) is 13.2 Å². The Hall–Kier alpha value is -0.620. The predicted octanol–water partition coefficient (Wildman–Crippen LogP) is 0.489. The summed E-state index contributed by atoms with van der Waals surface area (Å²) in [5.41, 5.74) is -0.688. The van der Waals surface area contributed by atoms with Crippen molar-refractivity contribution in [2.45, 2.75) is 33.6 Å². The Morgan fingerprint density at radius 1 is 1.20 bits per heavy atom. The minimum Gasteiger partial charge on any atom is -0.273 e. The molecule has 1 N–H and O–H groups in total. The van der Waals surface area contributed by atoms with E-state index in [0.29, 0.717) is 13.1 Å². The van der Waals surface area contributed by atoms with E-state index in [4.69, 9.17) is 0 Å². The number of amides is 1. The molecule has 1 heterocycles. The van der Waals surface area contributed by atoms with Crippen molar-refractivity contribution in [2.75, 3.05) is 13.1 Å². The molecule has 6 heteroatoms. The molecule has 1 rings (SSSR count). The zero-order chi connectivity index (χ0) is 11.7. The molecule has 0 bridgehead atoms. The summed E-state index contributed by atoms with van der Waals surface area (Å²) in [6.45, 7) is 6.06. The van der Waals surface area contributed by atoms with Gasteiger partial charge >= 0.3 is 10.2 Å². The molecule has 0 atom stereocenters. The van der Waals surface area contributed by atoms with Crippen molar-refractivity contribution in [3.05, 3.63) is 0 Å². The molecule has 15 heavy (non-hydrogen) atoms. The molecular weight excluding hydrogens is 216 g/mol. The highest BCUT2D eigenvalue weighted by Gasteiger charge is 2.31. The first-order valence-corrected chi connectivity index (χ1v) is 6.50. The minimum absolute atomic E-state index is 0.464. The Balaban J connectivity index is 2.68. The summed E-state index contributed by atoms with van der Waals surface area (Å²) < 4.78 is 26.8. The second-order valence-electron chi connectivity index (χ2n) is 4.79. The number of hydrogen-bond acceptors (Lipinski definition) is 3. The van der Waals surface area contributed by atoms with Crippen molar-refractivity contribution in [1.82, 2.24) is 9.03 Å². The van der Waals surface area contributed by atoms with Crippen LogP contribution in [0.15, 0.2) is 0 Å². The highest BCUT2D eigenvalue weighted by atomic mass is 32.2. The van der Waals surface area contributed by atoms with Gasteiger partial charge in [0.25, 0.3) is 0 Å². The molecule has 0 aromatic heterocycles. The largest absolute Gasteiger partial charge is 0.303 e. The van der Waals surface area contributed by atoms with Gasteiger partial charge in [-0.1, -0.05) is 20.8 Å². The molecule has 1 aliphatic heterocycles. The molecule has 0 radical (unpaired) electrons. The number of hydrogen-bond donors (Lipinski definition) is 1. The third-order valence-electron chi connectivity index (χ3n) is 2.31. The fourth-order valence-electron chi connectivity index (χ4n) is 1.26. The van der Waals surface area contributed by atoms with Gasteiger partial charge in [0.15, 0.2) is 0 Å². The van der Waals surface area contributed by atoms with Crippen molar-refractivity contribution in [3.8, 4) is 0 Å². The van der Waals surface area contributed by atoms with E-state index in [-0.39, 0.29) is 0 Å². The molecule has 0 spiro atoms. The second-order valence-corrected chi connectivity index (χ2v) is 6.46. The first-order valence-electron chi connectivity index (χ1n) is 5.06. The minimum atomic E-state index is -3.61. The predicted molar refractivity (Wildman–Crippen MR) is 57.3 cm³/mol. The smallest absolute Gasteiger partial charge is 0.273 e. The summed E-state index contributed by atoms with van der Waals surface area (Å²) in [6.07, 6.45) is 1.73. The van der Waals surface area contributed by atoms with Crippen LogP contribution < -0.4 is 4.72 Å². The molecule has 0 aromatic rings. The van der Waals surface area contributed by atoms with E-state index >= 15 is 0 Å². The van der Waals surface area contributed by atoms with Crippen LogP contribution in [0.3, 0.4) is 0 Å². The topological polar surface area (TPSA) is 66.5 Å². The van der Waals surface area contributed by atoms with E-state index in [0.717, 1.165) is 12.8 Å². The van der Waals surface area contributed by atoms with Crippen molar-refractivity contribution in [2.24, 2.45) is 5.41 Å². The molecule has 0 unspecified atom stereocenters. The van der Waals surface area contributed by atoms with Gasteiger partial charge in [-0.2, -0.15) is 12.7 Å². The van der Waals surface area contributed by atoms with Gasteiger partial charge in [-0.05, 0) is 12.8 Å². The maximum absolute atomic E-state index is 11.7. The molecule has 1 aliphatic rings. The van der Waals surface area contributed by atoms with Crippen molar-refractivity contribution in [1.29, 1.82) is 0 Å². The van der Waals surface area contributed by atoms with Gasteiger partial charge in [-0.25, -0.2) is 4.72 Å². The third kappa shape index (κ3) is 3.17. The lowest BCUT2D eigenvalue weighted by molar-refractivity contribution is -0.126. The van der Waals surface area contributed by atoms with Gasteiger partial charge in [0, 0.05) is 18.5 Å². The first kappa shape index (κ1) is 12.4. The highest BCUT2D eigenvalue weighted by molar-refractivity contribution is 7.87. The Morgan fingerprint density at radius 3 is 2.07 bits per heavy atom. The standard InChI is InChI=1S/C9H18N2O3S/c1-9(2,3)8(12)10-15(13,14)11-6-4-5-7-11/h4-7H2,1-3H3,(H,10,12). The van der Waals surface area contributed by atoms with Gasteiger partial charge in [0.1, 0.15) is 0 Å². The molecule has 1 fully saturated rings. The van der Waals surface area contributed by atoms with Crippen LogP contribution in [0, 0.1) is 5.41 Å². The highest BCUT2D eigenvalue weighted by Crippen LogP contribution is 2.16. The zero-order valence-corrected chi connectivity index (χ0v) is 10.2. The maximum atomic E-state index is 11.7. The van der Waals surface area contributed by atoms with E-state index in [2.05, 4.69) is 4.72 Å². The Kier molecular flexibility index (Phi) is 3.40. The summed E-state index contributed by atoms with van der Waals surface area (Å²) in [6, 6.07) is 0. The molecule has 0 aromatic carbocycles. The Morgan fingerprint density at radius 2 is 1.67 bits per heavy atom. The van der Waals surface area contributed by atoms with Crippen LogP contribution in [0.5, 0.6) is 0 Å². The van der Waals surface area contributed by atoms with Gasteiger partial charge < -0.3 is 0 Å². The number of nitrogens with one attached hydrogen (secondary N) is 1. The lowest BCUT2D eigenvalue weighted by Gasteiger charge is -2.21. The molecule has 5 nitrogen and oxygen atoms in total. The number of carbonyl (C=O) groups excluding carboxylic acids is 1. The average Bonchev–Trinajstić information content (AvgIpc) is 2.52. The monoisotopic (exact) mass is 234 g/mol. The molecule has 1 saturated heterocycles.